The highest BCUT2D eigenvalue weighted by molar-refractivity contribution is 6.99. The number of amides is 2. The summed E-state index contributed by atoms with van der Waals surface area (Å²) in [7, 11) is -2.97. The van der Waals surface area contributed by atoms with Crippen molar-refractivity contribution < 1.29 is 69.1 Å². The second-order valence-corrected chi connectivity index (χ2v) is 26.4. The molecule has 11 rings (SSSR count). The Bertz CT molecular complexity index is 3550. The van der Waals surface area contributed by atoms with Crippen LogP contribution in [-0.4, -0.2) is 142 Å². The molecule has 0 spiro atoms. The van der Waals surface area contributed by atoms with E-state index in [1.165, 1.54) is 66.5 Å². The number of alkyl halides is 6. The van der Waals surface area contributed by atoms with Gasteiger partial charge in [-0.1, -0.05) is 176 Å². The molecule has 472 valence electrons. The summed E-state index contributed by atoms with van der Waals surface area (Å²) >= 11 is 0. The number of nitrogens with zero attached hydrogens (tertiary/aromatic N) is 8. The molecule has 0 unspecified atom stereocenters. The molecule has 0 radical (unpaired) electrons. The number of aromatic nitrogens is 6. The molecule has 90 heavy (non-hydrogen) atoms. The first-order chi connectivity index (χ1) is 43.2. The molecule has 0 saturated carbocycles. The van der Waals surface area contributed by atoms with Gasteiger partial charge < -0.3 is 43.0 Å². The molecule has 17 nitrogen and oxygen atoms in total. The molecule has 1 fully saturated rings. The van der Waals surface area contributed by atoms with E-state index in [9.17, 15) is 41.0 Å². The second kappa shape index (κ2) is 30.1. The average Bonchev–Trinajstić information content (AvgIpc) is 1.22. The Hall–Kier alpha value is -8.78. The molecule has 0 bridgehead atoms. The first kappa shape index (κ1) is 65.7. The maximum atomic E-state index is 14.2. The van der Waals surface area contributed by atoms with E-state index in [1.54, 1.807) is 17.1 Å². The molecule has 8 aromatic rings. The number of ether oxygens (including phenoxy) is 5. The van der Waals surface area contributed by atoms with Crippen molar-refractivity contribution in [1.82, 2.24) is 39.8 Å². The van der Waals surface area contributed by atoms with Gasteiger partial charge in [-0.2, -0.15) is 10.2 Å². The maximum absolute atomic E-state index is 14.2. The van der Waals surface area contributed by atoms with Crippen LogP contribution in [0.15, 0.2) is 207 Å². The number of aliphatic hydroxyl groups is 1. The fourth-order valence-electron chi connectivity index (χ4n) is 10.3. The van der Waals surface area contributed by atoms with E-state index >= 15 is 0 Å². The molecule has 5 heterocycles. The van der Waals surface area contributed by atoms with Gasteiger partial charge in [0, 0.05) is 24.3 Å². The monoisotopic (exact) mass is 1260 g/mol. The van der Waals surface area contributed by atoms with E-state index in [0.717, 1.165) is 56.4 Å². The Kier molecular flexibility index (Phi) is 22.0. The highest BCUT2D eigenvalue weighted by atomic mass is 28.4. The van der Waals surface area contributed by atoms with Crippen molar-refractivity contribution in [2.45, 2.75) is 88.9 Å². The minimum absolute atomic E-state index is 0.0368. The third-order valence-electron chi connectivity index (χ3n) is 14.6. The predicted molar refractivity (Wildman–Crippen MR) is 326 cm³/mol. The molecule has 0 aliphatic carbocycles. The van der Waals surface area contributed by atoms with Crippen LogP contribution < -0.4 is 19.8 Å². The molecular formula is C66H68F6N8O9Si. The van der Waals surface area contributed by atoms with Crippen LogP contribution in [0.25, 0.3) is 22.5 Å². The largest absolute Gasteiger partial charge is 0.573 e. The number of carbonyl (C=O) groups is 2. The number of hydrogen-bond acceptors (Lipinski definition) is 13. The molecule has 1 N–H and O–H groups in total. The van der Waals surface area contributed by atoms with E-state index in [1.807, 2.05) is 109 Å². The van der Waals surface area contributed by atoms with Gasteiger partial charge in [-0.3, -0.25) is 0 Å². The van der Waals surface area contributed by atoms with Gasteiger partial charge in [0.2, 0.25) is 0 Å². The van der Waals surface area contributed by atoms with E-state index in [-0.39, 0.29) is 48.5 Å². The minimum Gasteiger partial charge on any atom is -0.406 e. The lowest BCUT2D eigenvalue weighted by Gasteiger charge is -2.46. The van der Waals surface area contributed by atoms with Crippen molar-refractivity contribution >= 4 is 30.8 Å². The number of carbonyl (C=O) groups excluding carboxylic acids is 2. The molecule has 1 saturated heterocycles. The van der Waals surface area contributed by atoms with Gasteiger partial charge in [0.1, 0.15) is 22.9 Å². The Balaban J connectivity index is 0.000000211. The summed E-state index contributed by atoms with van der Waals surface area (Å²) in [6.07, 6.45) is 1.64. The Labute approximate surface area is 517 Å². The first-order valence-electron chi connectivity index (χ1n) is 29.0. The minimum atomic E-state index is -4.81. The van der Waals surface area contributed by atoms with Crippen LogP contribution in [0, 0.1) is 0 Å². The fraction of sp³-hybridized carbons (Fsp3) is 0.303. The molecule has 3 aliphatic heterocycles. The summed E-state index contributed by atoms with van der Waals surface area (Å²) in [6, 6.07) is 48.3. The Morgan fingerprint density at radius 2 is 0.944 bits per heavy atom. The Morgan fingerprint density at radius 3 is 1.33 bits per heavy atom. The molecular weight excluding hydrogens is 1190 g/mol. The summed E-state index contributed by atoms with van der Waals surface area (Å²) in [6.45, 7) is 10.0. The predicted octanol–water partition coefficient (Wildman–Crippen LogP) is 11.6. The van der Waals surface area contributed by atoms with Crippen LogP contribution in [0.3, 0.4) is 0 Å². The van der Waals surface area contributed by atoms with E-state index in [4.69, 9.17) is 18.6 Å². The molecule has 3 aliphatic rings. The van der Waals surface area contributed by atoms with Crippen molar-refractivity contribution in [3.63, 3.8) is 0 Å². The summed E-state index contributed by atoms with van der Waals surface area (Å²) in [5, 5.41) is 28.8. The van der Waals surface area contributed by atoms with Crippen LogP contribution in [0.2, 0.25) is 5.04 Å². The molecule has 24 heteroatoms. The summed E-state index contributed by atoms with van der Waals surface area (Å²) in [5.74, 6) is -0.729. The quantitative estimate of drug-likeness (QED) is 0.0549. The van der Waals surface area contributed by atoms with Crippen LogP contribution in [0.5, 0.6) is 11.5 Å². The third kappa shape index (κ3) is 18.0. The first-order valence-corrected chi connectivity index (χ1v) is 31.0. The average molecular weight is 1260 g/mol. The number of benzene rings is 6. The summed E-state index contributed by atoms with van der Waals surface area (Å²) in [5.41, 5.74) is 3.52. The van der Waals surface area contributed by atoms with E-state index in [2.05, 4.69) is 74.9 Å². The zero-order valence-corrected chi connectivity index (χ0v) is 50.6. The maximum Gasteiger partial charge on any atom is 0.573 e. The standard InChI is InChI=1S/C39H39F3N4O4Si.C23H21F3N4O4.C4H8O/c1-38(2,3)51(34-15-9-5-10-16-34,35-17-11-6-12-18-35)50-33-24-21-31(28-48-27-29-13-7-4-8-14-29)45(26-33)37(47)46-43-25-36(44-46)30-19-22-32(23-20-30)49-39(40,41)42;24-23(25,26)34-20-10-6-17(7-11-20)21-12-27-30(28-21)22(32)29-13-19(31)9-8-18(29)15-33-14-16-4-2-1-3-5-16;1-2-4-5-3-1/h4-25,31,33H,26-28H2,1-3H3;1-12,18-19,31H,13-15H2;1-4H2/t31-,33-;18-,19-;/m11./s1. The van der Waals surface area contributed by atoms with Crippen LogP contribution >= 0.6 is 0 Å². The third-order valence-corrected chi connectivity index (χ3v) is 19.7. The van der Waals surface area contributed by atoms with Crippen molar-refractivity contribution in [3.8, 4) is 34.0 Å². The molecule has 2 aromatic heterocycles. The van der Waals surface area contributed by atoms with Crippen LogP contribution in [0.4, 0.5) is 35.9 Å². The lowest BCUT2D eigenvalue weighted by Crippen LogP contribution is -2.68. The number of halogens is 6. The lowest BCUT2D eigenvalue weighted by molar-refractivity contribution is -0.275. The number of rotatable bonds is 16. The highest BCUT2D eigenvalue weighted by Crippen LogP contribution is 2.38. The van der Waals surface area contributed by atoms with Gasteiger partial charge in [-0.05, 0) is 87.9 Å². The molecule has 6 aromatic carbocycles. The zero-order valence-electron chi connectivity index (χ0n) is 49.6. The Morgan fingerprint density at radius 1 is 0.544 bits per heavy atom. The van der Waals surface area contributed by atoms with Gasteiger partial charge in [-0.15, -0.1) is 36.5 Å². The summed E-state index contributed by atoms with van der Waals surface area (Å²) < 4.78 is 107. The van der Waals surface area contributed by atoms with Crippen molar-refractivity contribution in [2.24, 2.45) is 0 Å². The van der Waals surface area contributed by atoms with Gasteiger partial charge >= 0.3 is 24.8 Å². The van der Waals surface area contributed by atoms with Crippen molar-refractivity contribution in [1.29, 1.82) is 0 Å². The van der Waals surface area contributed by atoms with E-state index < -0.39 is 57.4 Å². The number of hydrogen-bond donors (Lipinski definition) is 1. The highest BCUT2D eigenvalue weighted by Gasteiger charge is 2.52. The smallest absolute Gasteiger partial charge is 0.406 e. The van der Waals surface area contributed by atoms with Crippen LogP contribution in [-0.2, 0) is 31.9 Å². The zero-order chi connectivity index (χ0) is 63.7. The number of aliphatic hydroxyl groups excluding tert-OH is 1. The number of β-amino-alcohol motifs (C(OH)–C–C–N with tert-alkyl or cyclic N) is 1. The van der Waals surface area contributed by atoms with Gasteiger partial charge in [0.15, 0.2) is 0 Å². The normalized spacial score (nSPS) is 17.6. The van der Waals surface area contributed by atoms with Crippen molar-refractivity contribution in [2.75, 3.05) is 39.5 Å². The van der Waals surface area contributed by atoms with Gasteiger partial charge in [-0.25, -0.2) is 9.59 Å². The topological polar surface area (TPSA) is 178 Å². The van der Waals surface area contributed by atoms with Crippen LogP contribution in [0.1, 0.15) is 44.7 Å². The van der Waals surface area contributed by atoms with Gasteiger partial charge in [0.25, 0.3) is 8.32 Å². The molecule has 2 amide bonds. The lowest BCUT2D eigenvalue weighted by atomic mass is 10.1. The molecule has 4 atom stereocenters. The summed E-state index contributed by atoms with van der Waals surface area (Å²) in [4.78, 5) is 32.2. The fourth-order valence-corrected chi connectivity index (χ4v) is 15.0. The van der Waals surface area contributed by atoms with E-state index in [0.29, 0.717) is 30.0 Å². The second-order valence-electron chi connectivity index (χ2n) is 22.2. The van der Waals surface area contributed by atoms with Crippen molar-refractivity contribution in [3.05, 3.63) is 218 Å². The van der Waals surface area contributed by atoms with Gasteiger partial charge in [0.05, 0.1) is 76.2 Å². The SMILES string of the molecule is C1CCOC1.CC(C)(C)[Si](O[C@@H]1C=C[C@H](COCc2ccccc2)N(C(=O)n2ncc(-c3ccc(OC(F)(F)F)cc3)n2)C1)(c1ccccc1)c1ccccc1.O=C(N1C[C@H](O)C=C[C@@H]1COCc1ccccc1)n1ncc(-c2ccc(OC(F)(F)F)cc2)n1.